The van der Waals surface area contributed by atoms with Crippen molar-refractivity contribution in [2.75, 3.05) is 29.9 Å². The average molecular weight is 467 g/mol. The molecule has 4 rings (SSSR count). The van der Waals surface area contributed by atoms with Gasteiger partial charge >= 0.3 is 12.2 Å². The zero-order valence-corrected chi connectivity index (χ0v) is 18.2. The number of carbonyl (C=O) groups is 3. The van der Waals surface area contributed by atoms with Crippen molar-refractivity contribution in [3.8, 4) is 0 Å². The molecule has 10 nitrogen and oxygen atoms in total. The van der Waals surface area contributed by atoms with Gasteiger partial charge in [0.15, 0.2) is 5.82 Å². The van der Waals surface area contributed by atoms with Crippen molar-refractivity contribution < 1.29 is 27.6 Å². The van der Waals surface area contributed by atoms with E-state index in [1.165, 1.54) is 23.0 Å². The first-order valence-corrected chi connectivity index (χ1v) is 10.5. The van der Waals surface area contributed by atoms with E-state index >= 15 is 0 Å². The fraction of sp³-hybridized carbons (Fsp3) is 0.500. The van der Waals surface area contributed by atoms with Crippen molar-refractivity contribution in [3.63, 3.8) is 0 Å². The molecule has 4 heterocycles. The molecule has 0 radical (unpaired) electrons. The van der Waals surface area contributed by atoms with E-state index in [4.69, 9.17) is 0 Å². The number of hydrogen-bond acceptors (Lipinski definition) is 6. The number of pyridine rings is 1. The fourth-order valence-corrected chi connectivity index (χ4v) is 4.12. The Bertz CT molecular complexity index is 1030. The molecule has 13 heteroatoms. The normalized spacial score (nSPS) is 23.2. The summed E-state index contributed by atoms with van der Waals surface area (Å²) in [4.78, 5) is 45.7. The summed E-state index contributed by atoms with van der Waals surface area (Å²) < 4.78 is 38.5. The molecule has 1 aromatic rings. The lowest BCUT2D eigenvalue weighted by Crippen LogP contribution is -2.55. The molecule has 1 fully saturated rings. The number of fused-ring (bicyclic) bond motifs is 4. The first-order valence-electron chi connectivity index (χ1n) is 10.5. The van der Waals surface area contributed by atoms with Crippen LogP contribution in [0.25, 0.3) is 0 Å². The lowest BCUT2D eigenvalue weighted by atomic mass is 10.1. The minimum atomic E-state index is -4.60. The molecule has 33 heavy (non-hydrogen) atoms. The van der Waals surface area contributed by atoms with Crippen LogP contribution in [0.1, 0.15) is 30.8 Å². The maximum Gasteiger partial charge on any atom is 0.408 e. The Morgan fingerprint density at radius 3 is 2.73 bits per heavy atom. The molecular formula is C20H24F3N7O3. The number of likely N-dealkylation sites (N-methyl/N-ethyl adjacent to an activating group) is 1. The smallest absolute Gasteiger partial charge is 0.366 e. The Morgan fingerprint density at radius 2 is 2.03 bits per heavy atom. The Balaban J connectivity index is 1.62. The van der Waals surface area contributed by atoms with Crippen LogP contribution >= 0.6 is 0 Å². The number of halogens is 3. The topological polar surface area (TPSA) is 110 Å². The van der Waals surface area contributed by atoms with E-state index in [9.17, 15) is 27.6 Å². The Kier molecular flexibility index (Phi) is 5.68. The van der Waals surface area contributed by atoms with Crippen LogP contribution in [0.2, 0.25) is 0 Å². The van der Waals surface area contributed by atoms with Gasteiger partial charge in [-0.15, -0.1) is 0 Å². The molecule has 0 spiro atoms. The first-order chi connectivity index (χ1) is 15.5. The van der Waals surface area contributed by atoms with E-state index in [1.54, 1.807) is 12.1 Å². The number of rotatable bonds is 3. The summed E-state index contributed by atoms with van der Waals surface area (Å²) in [6, 6.07) is -0.200. The van der Waals surface area contributed by atoms with E-state index in [0.29, 0.717) is 25.2 Å². The van der Waals surface area contributed by atoms with Gasteiger partial charge in [0.25, 0.3) is 11.8 Å². The van der Waals surface area contributed by atoms with Crippen LogP contribution < -0.4 is 25.9 Å². The molecule has 1 saturated heterocycles. The summed E-state index contributed by atoms with van der Waals surface area (Å²) in [6.45, 7) is 3.85. The highest BCUT2D eigenvalue weighted by molar-refractivity contribution is 6.04. The summed E-state index contributed by atoms with van der Waals surface area (Å²) in [6.07, 6.45) is -2.37. The summed E-state index contributed by atoms with van der Waals surface area (Å²) in [5.41, 5.74) is 3.35. The van der Waals surface area contributed by atoms with Crippen molar-refractivity contribution in [1.29, 1.82) is 0 Å². The van der Waals surface area contributed by atoms with Crippen LogP contribution in [0.5, 0.6) is 0 Å². The predicted octanol–water partition coefficient (Wildman–Crippen LogP) is 1.12. The highest BCUT2D eigenvalue weighted by Gasteiger charge is 2.42. The summed E-state index contributed by atoms with van der Waals surface area (Å²) >= 11 is 0. The molecule has 0 saturated carbocycles. The summed E-state index contributed by atoms with van der Waals surface area (Å²) in [5.74, 6) is -1.26. The average Bonchev–Trinajstić information content (AvgIpc) is 3.14. The highest BCUT2D eigenvalue weighted by Crippen LogP contribution is 2.39. The Labute approximate surface area is 187 Å². The summed E-state index contributed by atoms with van der Waals surface area (Å²) in [7, 11) is 1.54. The lowest BCUT2D eigenvalue weighted by molar-refractivity contribution is -0.149. The number of amides is 4. The number of anilines is 2. The molecule has 3 N–H and O–H groups in total. The van der Waals surface area contributed by atoms with Gasteiger partial charge in [-0.1, -0.05) is 0 Å². The molecule has 3 aliphatic rings. The second-order valence-electron chi connectivity index (χ2n) is 8.33. The SMILES string of the molecule is CC1C=C(NC(=O)N2c3nc(C(=O)N[C@H](C)C(F)(F)F)ccc3N3CCC2C3)C(=O)N(C)N1. The van der Waals surface area contributed by atoms with Gasteiger partial charge in [-0.05, 0) is 38.5 Å². The van der Waals surface area contributed by atoms with Crippen LogP contribution in [0.4, 0.5) is 29.5 Å². The largest absolute Gasteiger partial charge is 0.408 e. The number of hydrazine groups is 1. The van der Waals surface area contributed by atoms with Gasteiger partial charge in [0.05, 0.1) is 11.7 Å². The predicted molar refractivity (Wildman–Crippen MR) is 112 cm³/mol. The number of urea groups is 1. The van der Waals surface area contributed by atoms with Crippen molar-refractivity contribution in [1.82, 2.24) is 26.1 Å². The van der Waals surface area contributed by atoms with Gasteiger partial charge in [-0.3, -0.25) is 19.5 Å². The van der Waals surface area contributed by atoms with Gasteiger partial charge in [-0.25, -0.2) is 15.2 Å². The summed E-state index contributed by atoms with van der Waals surface area (Å²) in [5, 5.41) is 5.78. The van der Waals surface area contributed by atoms with Crippen LogP contribution in [-0.2, 0) is 4.79 Å². The molecule has 4 amide bonds. The zero-order chi connectivity index (χ0) is 24.1. The Morgan fingerprint density at radius 1 is 1.30 bits per heavy atom. The third kappa shape index (κ3) is 4.32. The van der Waals surface area contributed by atoms with Crippen molar-refractivity contribution in [2.45, 2.75) is 44.6 Å². The highest BCUT2D eigenvalue weighted by atomic mass is 19.4. The standard InChI is InChI=1S/C20H24F3N7O3/c1-10-8-14(18(32)28(3)27-10)26-19(33)30-12-6-7-29(9-12)15-5-4-13(25-16(15)30)17(31)24-11(2)20(21,22)23/h4-5,8,10-12,27H,6-7,9H2,1-3H3,(H,24,31)(H,26,33)/t10?,11-,12?/m1/s1. The van der Waals surface area contributed by atoms with Crippen molar-refractivity contribution in [2.24, 2.45) is 0 Å². The molecular weight excluding hydrogens is 443 g/mol. The van der Waals surface area contributed by atoms with E-state index in [1.807, 2.05) is 17.1 Å². The third-order valence-corrected chi connectivity index (χ3v) is 5.83. The molecule has 178 valence electrons. The van der Waals surface area contributed by atoms with Gasteiger partial charge in [0, 0.05) is 26.2 Å². The third-order valence-electron chi connectivity index (χ3n) is 5.83. The van der Waals surface area contributed by atoms with Crippen LogP contribution in [0.3, 0.4) is 0 Å². The minimum Gasteiger partial charge on any atom is -0.366 e. The van der Waals surface area contributed by atoms with Crippen molar-refractivity contribution >= 4 is 29.4 Å². The number of hydrogen-bond donors (Lipinski definition) is 3. The Hall–Kier alpha value is -3.35. The lowest BCUT2D eigenvalue weighted by Gasteiger charge is -2.36. The number of aromatic nitrogens is 1. The quantitative estimate of drug-likeness (QED) is 0.615. The second kappa shape index (κ2) is 8.21. The van der Waals surface area contributed by atoms with E-state index in [0.717, 1.165) is 6.92 Å². The monoisotopic (exact) mass is 467 g/mol. The maximum absolute atomic E-state index is 13.2. The molecule has 0 aromatic carbocycles. The van der Waals surface area contributed by atoms with E-state index in [2.05, 4.69) is 15.7 Å². The molecule has 3 atom stereocenters. The van der Waals surface area contributed by atoms with Gasteiger partial charge < -0.3 is 15.5 Å². The van der Waals surface area contributed by atoms with Crippen LogP contribution in [0, 0.1) is 0 Å². The van der Waals surface area contributed by atoms with E-state index < -0.39 is 30.1 Å². The van der Waals surface area contributed by atoms with E-state index in [-0.39, 0.29) is 29.3 Å². The zero-order valence-electron chi connectivity index (χ0n) is 18.2. The van der Waals surface area contributed by atoms with Crippen molar-refractivity contribution in [3.05, 3.63) is 29.6 Å². The molecule has 1 aromatic heterocycles. The first kappa shape index (κ1) is 22.8. The fourth-order valence-electron chi connectivity index (χ4n) is 4.12. The molecule has 3 aliphatic heterocycles. The molecule has 2 unspecified atom stereocenters. The number of nitrogens with zero attached hydrogens (tertiary/aromatic N) is 4. The molecule has 0 aliphatic carbocycles. The number of carbonyl (C=O) groups excluding carboxylic acids is 3. The van der Waals surface area contributed by atoms with Crippen LogP contribution in [0.15, 0.2) is 23.9 Å². The van der Waals surface area contributed by atoms with Gasteiger partial charge in [0.2, 0.25) is 0 Å². The van der Waals surface area contributed by atoms with Gasteiger partial charge in [-0.2, -0.15) is 13.2 Å². The maximum atomic E-state index is 13.2. The number of alkyl halides is 3. The molecule has 2 bridgehead atoms. The van der Waals surface area contributed by atoms with Crippen LogP contribution in [-0.4, -0.2) is 72.3 Å². The second-order valence-corrected chi connectivity index (χ2v) is 8.33. The van der Waals surface area contributed by atoms with Gasteiger partial charge in [0.1, 0.15) is 17.4 Å². The minimum absolute atomic E-state index is 0.101. The number of nitrogens with one attached hydrogen (secondary N) is 3.